The molecule has 0 amide bonds. The number of carbonyl (C=O) groups is 1. The molecule has 0 spiro atoms. The van der Waals surface area contributed by atoms with E-state index in [2.05, 4.69) is 4.98 Å². The summed E-state index contributed by atoms with van der Waals surface area (Å²) in [4.78, 5) is 26.5. The molecule has 0 aliphatic rings. The van der Waals surface area contributed by atoms with Gasteiger partial charge in [-0.05, 0) is 19.9 Å². The molecule has 2 rings (SSSR count). The molecule has 0 aromatic carbocycles. The van der Waals surface area contributed by atoms with E-state index in [1.807, 2.05) is 0 Å². The third-order valence-corrected chi connectivity index (χ3v) is 2.51. The van der Waals surface area contributed by atoms with Crippen LogP contribution in [0.2, 0.25) is 0 Å². The van der Waals surface area contributed by atoms with Gasteiger partial charge < -0.3 is 9.52 Å². The van der Waals surface area contributed by atoms with E-state index >= 15 is 0 Å². The second-order valence-corrected chi connectivity index (χ2v) is 4.03. The first kappa shape index (κ1) is 12.1. The molecule has 94 valence electrons. The molecule has 1 N–H and O–H groups in total. The lowest BCUT2D eigenvalue weighted by atomic mass is 10.2. The molecule has 0 saturated carbocycles. The van der Waals surface area contributed by atoms with E-state index in [1.165, 1.54) is 17.0 Å². The third kappa shape index (κ3) is 2.32. The molecular weight excluding hydrogens is 236 g/mol. The molecule has 0 saturated heterocycles. The second kappa shape index (κ2) is 4.48. The lowest BCUT2D eigenvalue weighted by molar-refractivity contribution is 0.0659. The SMILES string of the molecule is Cc1cc(=O)n(Cc2cc(C)c(C(=O)O)o2)cn1. The van der Waals surface area contributed by atoms with Crippen LogP contribution in [0.15, 0.2) is 27.7 Å². The topological polar surface area (TPSA) is 85.3 Å². The Balaban J connectivity index is 2.32. The van der Waals surface area contributed by atoms with E-state index in [4.69, 9.17) is 9.52 Å². The lowest BCUT2D eigenvalue weighted by Crippen LogP contribution is -2.20. The van der Waals surface area contributed by atoms with Crippen molar-refractivity contribution in [2.24, 2.45) is 0 Å². The van der Waals surface area contributed by atoms with Crippen LogP contribution >= 0.6 is 0 Å². The molecular formula is C12H12N2O4. The minimum Gasteiger partial charge on any atom is -0.475 e. The second-order valence-electron chi connectivity index (χ2n) is 4.03. The average molecular weight is 248 g/mol. The Bertz CT molecular complexity index is 654. The Kier molecular flexibility index (Phi) is 3.01. The fourth-order valence-corrected chi connectivity index (χ4v) is 1.64. The normalized spacial score (nSPS) is 10.6. The minimum absolute atomic E-state index is 0.0990. The minimum atomic E-state index is -1.12. The van der Waals surface area contributed by atoms with Crippen molar-refractivity contribution in [2.45, 2.75) is 20.4 Å². The number of carboxylic acid groups (broad SMARTS) is 1. The summed E-state index contributed by atoms with van der Waals surface area (Å²) in [5.41, 5.74) is 0.970. The number of hydrogen-bond acceptors (Lipinski definition) is 4. The van der Waals surface area contributed by atoms with Gasteiger partial charge in [0.05, 0.1) is 12.9 Å². The first-order valence-electron chi connectivity index (χ1n) is 5.33. The molecule has 2 heterocycles. The van der Waals surface area contributed by atoms with Gasteiger partial charge in [-0.2, -0.15) is 0 Å². The molecule has 0 radical (unpaired) electrons. The van der Waals surface area contributed by atoms with Gasteiger partial charge in [0.1, 0.15) is 5.76 Å². The highest BCUT2D eigenvalue weighted by Gasteiger charge is 2.14. The highest BCUT2D eigenvalue weighted by molar-refractivity contribution is 5.86. The van der Waals surface area contributed by atoms with Crippen molar-refractivity contribution < 1.29 is 14.3 Å². The Morgan fingerprint density at radius 3 is 2.72 bits per heavy atom. The maximum atomic E-state index is 11.6. The zero-order valence-corrected chi connectivity index (χ0v) is 10.0. The standard InChI is InChI=1S/C12H12N2O4/c1-7-3-9(18-11(7)12(16)17)5-14-6-13-8(2)4-10(14)15/h3-4,6H,5H2,1-2H3,(H,16,17). The van der Waals surface area contributed by atoms with Crippen molar-refractivity contribution in [2.75, 3.05) is 0 Å². The summed E-state index contributed by atoms with van der Waals surface area (Å²) in [7, 11) is 0. The number of carboxylic acids is 1. The van der Waals surface area contributed by atoms with Gasteiger partial charge in [-0.1, -0.05) is 0 Å². The first-order chi connectivity index (χ1) is 8.47. The predicted octanol–water partition coefficient (Wildman–Crippen LogP) is 1.20. The number of aromatic carboxylic acids is 1. The van der Waals surface area contributed by atoms with Gasteiger partial charge in [-0.15, -0.1) is 0 Å². The summed E-state index contributed by atoms with van der Waals surface area (Å²) >= 11 is 0. The molecule has 18 heavy (non-hydrogen) atoms. The zero-order chi connectivity index (χ0) is 13.3. The van der Waals surface area contributed by atoms with Crippen molar-refractivity contribution in [3.05, 3.63) is 51.6 Å². The molecule has 2 aromatic heterocycles. The van der Waals surface area contributed by atoms with Crippen LogP contribution in [0, 0.1) is 13.8 Å². The van der Waals surface area contributed by atoms with E-state index in [0.29, 0.717) is 17.0 Å². The van der Waals surface area contributed by atoms with Crippen molar-refractivity contribution in [1.82, 2.24) is 9.55 Å². The van der Waals surface area contributed by atoms with Crippen LogP contribution in [0.5, 0.6) is 0 Å². The summed E-state index contributed by atoms with van der Waals surface area (Å²) in [6.45, 7) is 3.54. The van der Waals surface area contributed by atoms with Crippen LogP contribution in [0.4, 0.5) is 0 Å². The van der Waals surface area contributed by atoms with E-state index in [-0.39, 0.29) is 17.9 Å². The van der Waals surface area contributed by atoms with Gasteiger partial charge in [0.15, 0.2) is 0 Å². The number of rotatable bonds is 3. The summed E-state index contributed by atoms with van der Waals surface area (Å²) in [5.74, 6) is -0.802. The van der Waals surface area contributed by atoms with Gasteiger partial charge in [-0.25, -0.2) is 9.78 Å². The first-order valence-corrected chi connectivity index (χ1v) is 5.33. The van der Waals surface area contributed by atoms with Crippen LogP contribution in [0.1, 0.15) is 27.6 Å². The predicted molar refractivity (Wildman–Crippen MR) is 62.7 cm³/mol. The van der Waals surface area contributed by atoms with E-state index in [0.717, 1.165) is 0 Å². The van der Waals surface area contributed by atoms with Gasteiger partial charge in [0.2, 0.25) is 5.76 Å². The number of furan rings is 1. The molecule has 0 unspecified atom stereocenters. The van der Waals surface area contributed by atoms with Crippen molar-refractivity contribution >= 4 is 5.97 Å². The smallest absolute Gasteiger partial charge is 0.372 e. The summed E-state index contributed by atoms with van der Waals surface area (Å²) in [6.07, 6.45) is 1.41. The van der Waals surface area contributed by atoms with Gasteiger partial charge in [0.25, 0.3) is 5.56 Å². The van der Waals surface area contributed by atoms with E-state index in [9.17, 15) is 9.59 Å². The fourth-order valence-electron chi connectivity index (χ4n) is 1.64. The number of hydrogen-bond donors (Lipinski definition) is 1. The number of nitrogens with zero attached hydrogens (tertiary/aromatic N) is 2. The van der Waals surface area contributed by atoms with E-state index < -0.39 is 5.97 Å². The van der Waals surface area contributed by atoms with Crippen molar-refractivity contribution in [3.8, 4) is 0 Å². The number of aryl methyl sites for hydroxylation is 2. The Morgan fingerprint density at radius 1 is 1.44 bits per heavy atom. The summed E-state index contributed by atoms with van der Waals surface area (Å²) in [5, 5.41) is 8.86. The Labute approximate surface area is 103 Å². The quantitative estimate of drug-likeness (QED) is 0.882. The van der Waals surface area contributed by atoms with Crippen LogP contribution in [0.3, 0.4) is 0 Å². The number of aromatic nitrogens is 2. The summed E-state index contributed by atoms with van der Waals surface area (Å²) < 4.78 is 6.54. The van der Waals surface area contributed by atoms with Gasteiger partial charge in [-0.3, -0.25) is 9.36 Å². The zero-order valence-electron chi connectivity index (χ0n) is 10.0. The average Bonchev–Trinajstić information content (AvgIpc) is 2.64. The largest absolute Gasteiger partial charge is 0.475 e. The third-order valence-electron chi connectivity index (χ3n) is 2.51. The van der Waals surface area contributed by atoms with Crippen LogP contribution in [-0.4, -0.2) is 20.6 Å². The van der Waals surface area contributed by atoms with Crippen molar-refractivity contribution in [1.29, 1.82) is 0 Å². The van der Waals surface area contributed by atoms with Crippen LogP contribution < -0.4 is 5.56 Å². The maximum absolute atomic E-state index is 11.6. The molecule has 0 fully saturated rings. The van der Waals surface area contributed by atoms with E-state index in [1.54, 1.807) is 19.9 Å². The molecule has 6 heteroatoms. The van der Waals surface area contributed by atoms with Crippen LogP contribution in [0.25, 0.3) is 0 Å². The molecule has 0 aliphatic carbocycles. The monoisotopic (exact) mass is 248 g/mol. The Morgan fingerprint density at radius 2 is 2.17 bits per heavy atom. The fraction of sp³-hybridized carbons (Fsp3) is 0.250. The highest BCUT2D eigenvalue weighted by Crippen LogP contribution is 2.15. The van der Waals surface area contributed by atoms with Gasteiger partial charge in [0, 0.05) is 17.3 Å². The Hall–Kier alpha value is -2.37. The molecule has 0 atom stereocenters. The molecule has 0 aliphatic heterocycles. The molecule has 0 bridgehead atoms. The van der Waals surface area contributed by atoms with Crippen LogP contribution in [-0.2, 0) is 6.54 Å². The van der Waals surface area contributed by atoms with Crippen molar-refractivity contribution in [3.63, 3.8) is 0 Å². The highest BCUT2D eigenvalue weighted by atomic mass is 16.4. The maximum Gasteiger partial charge on any atom is 0.372 e. The lowest BCUT2D eigenvalue weighted by Gasteiger charge is -2.02. The molecule has 2 aromatic rings. The summed E-state index contributed by atoms with van der Waals surface area (Å²) in [6, 6.07) is 3.02. The molecule has 6 nitrogen and oxygen atoms in total. The van der Waals surface area contributed by atoms with Gasteiger partial charge >= 0.3 is 5.97 Å².